The summed E-state index contributed by atoms with van der Waals surface area (Å²) in [7, 11) is 0.605. The number of hydrogen-bond acceptors (Lipinski definition) is 19. The second-order valence-electron chi connectivity index (χ2n) is 30.3. The van der Waals surface area contributed by atoms with Crippen molar-refractivity contribution in [2.24, 2.45) is 17.6 Å². The Kier molecular flexibility index (Phi) is 24.5. The molecule has 8 aromatic rings. The van der Waals surface area contributed by atoms with Gasteiger partial charge in [0.25, 0.3) is 0 Å². The summed E-state index contributed by atoms with van der Waals surface area (Å²) in [6.45, 7) is 39.8. The van der Waals surface area contributed by atoms with Gasteiger partial charge >= 0.3 is 18.2 Å². The van der Waals surface area contributed by atoms with Crippen molar-refractivity contribution in [3.8, 4) is 44.8 Å². The van der Waals surface area contributed by atoms with E-state index in [1.165, 1.54) is 11.9 Å². The number of carboxylic acids is 1. The number of hydrogen-bond donors (Lipinski definition) is 5. The van der Waals surface area contributed by atoms with Crippen molar-refractivity contribution in [3.63, 3.8) is 0 Å². The average molecular weight is 1400 g/mol. The zero-order valence-electron chi connectivity index (χ0n) is 61.6. The number of carbonyl (C=O) groups is 4. The first-order valence-corrected chi connectivity index (χ1v) is 41.4. The van der Waals surface area contributed by atoms with Crippen LogP contribution in [0.4, 0.5) is 21.5 Å². The minimum Gasteiger partial charge on any atom is -0.481 e. The number of amides is 3. The number of ether oxygens (including phenoxy) is 4. The largest absolute Gasteiger partial charge is 0.481 e. The van der Waals surface area contributed by atoms with Crippen LogP contribution >= 0.6 is 0 Å². The fraction of sp³-hybridized carbons (Fsp3) is 0.528. The molecule has 2 saturated heterocycles. The van der Waals surface area contributed by atoms with Crippen molar-refractivity contribution in [1.29, 1.82) is 0 Å². The summed E-state index contributed by atoms with van der Waals surface area (Å²) in [6, 6.07) is 14.2. The van der Waals surface area contributed by atoms with Gasteiger partial charge in [-0.1, -0.05) is 73.9 Å². The smallest absolute Gasteiger partial charge is 0.410 e. The van der Waals surface area contributed by atoms with Crippen LogP contribution in [0.15, 0.2) is 70.2 Å². The number of carbonyl (C=O) groups excluding carboxylic acids is 3. The molecule has 0 bridgehead atoms. The van der Waals surface area contributed by atoms with Crippen molar-refractivity contribution in [2.45, 2.75) is 184 Å². The Hall–Kier alpha value is -8.51. The van der Waals surface area contributed by atoms with Gasteiger partial charge in [0.05, 0.1) is 45.6 Å². The summed E-state index contributed by atoms with van der Waals surface area (Å²) in [5.74, 6) is 0.0756. The number of benzene rings is 2. The molecule has 27 heteroatoms. The molecular weight excluding hydrogens is 1290 g/mol. The molecule has 10 rings (SSSR count). The number of aryl methyl sites for hydroxylation is 6. The van der Waals surface area contributed by atoms with E-state index in [1.807, 2.05) is 62.3 Å². The van der Waals surface area contributed by atoms with Crippen LogP contribution in [0.25, 0.3) is 66.6 Å². The summed E-state index contributed by atoms with van der Waals surface area (Å²) in [5, 5.41) is 29.7. The van der Waals surface area contributed by atoms with Gasteiger partial charge in [-0.2, -0.15) is 0 Å². The highest BCUT2D eigenvalue weighted by atomic mass is 28.3. The zero-order valence-corrected chi connectivity index (χ0v) is 63.6. The Morgan fingerprint density at radius 1 is 0.606 bits per heavy atom. The molecule has 2 aliphatic heterocycles. The summed E-state index contributed by atoms with van der Waals surface area (Å²) in [6.07, 6.45) is 7.59. The second kappa shape index (κ2) is 31.8. The predicted octanol–water partition coefficient (Wildman–Crippen LogP) is 13.5. The highest BCUT2D eigenvalue weighted by Gasteiger charge is 2.38. The molecule has 0 spiro atoms. The van der Waals surface area contributed by atoms with Crippen molar-refractivity contribution in [3.05, 3.63) is 95.2 Å². The Balaban J connectivity index is 0.000000246. The van der Waals surface area contributed by atoms with Gasteiger partial charge in [-0.25, -0.2) is 29.5 Å². The maximum absolute atomic E-state index is 13.1. The first-order chi connectivity index (χ1) is 46.5. The third-order valence-corrected chi connectivity index (χ3v) is 20.6. The fourth-order valence-corrected chi connectivity index (χ4v) is 13.7. The van der Waals surface area contributed by atoms with Crippen LogP contribution in [0, 0.1) is 53.4 Å². The first-order valence-electron chi connectivity index (χ1n) is 34.0. The Morgan fingerprint density at radius 2 is 1.00 bits per heavy atom. The van der Waals surface area contributed by atoms with Gasteiger partial charge in [0.15, 0.2) is 0 Å². The molecule has 25 nitrogen and oxygen atoms in total. The number of nitrogens with two attached hydrogens (primary N) is 1. The number of aliphatic carboxylic acids is 1. The SMILES string of the molecule is CN.CNC(=O)[C@@H]1C[C@H](Nc2ncc(C)c(-c3cn(COCC[Si](C)(C)C)c4cc(-c5c(C)noc5C)ccc34)n2)CN(C(=O)OC(C)(C)C)C1.Cc1cnc(N[C@H]2C[C@@H](C(=O)O)CN(C(=O)OC(C)(C)C)C2)nc1-c1cn(COCC[Si](C)(C)C)c2cc(-c3c(C)noc3C)ccc12. The van der Waals surface area contributed by atoms with E-state index < -0.39 is 57.3 Å². The molecule has 4 atom stereocenters. The maximum Gasteiger partial charge on any atom is 0.410 e. The van der Waals surface area contributed by atoms with E-state index in [0.717, 1.165) is 113 Å². The Morgan fingerprint density at radius 3 is 1.35 bits per heavy atom. The molecule has 2 aliphatic rings. The lowest BCUT2D eigenvalue weighted by Crippen LogP contribution is -2.53. The lowest BCUT2D eigenvalue weighted by atomic mass is 9.93. The molecular formula is C72H104N14O11Si2. The summed E-state index contributed by atoms with van der Waals surface area (Å²) >= 11 is 0. The highest BCUT2D eigenvalue weighted by Crippen LogP contribution is 2.39. The van der Waals surface area contributed by atoms with Crippen LogP contribution in [0.3, 0.4) is 0 Å². The highest BCUT2D eigenvalue weighted by molar-refractivity contribution is 6.76. The van der Waals surface area contributed by atoms with E-state index in [4.69, 9.17) is 38.0 Å². The van der Waals surface area contributed by atoms with Crippen LogP contribution in [0.1, 0.15) is 88.4 Å². The number of piperidine rings is 2. The monoisotopic (exact) mass is 1400 g/mol. The van der Waals surface area contributed by atoms with Crippen molar-refractivity contribution >= 4 is 73.9 Å². The molecule has 3 amide bonds. The average Bonchev–Trinajstić information content (AvgIpc) is 1.63. The number of nitrogens with one attached hydrogen (secondary N) is 3. The molecule has 0 aliphatic carbocycles. The summed E-state index contributed by atoms with van der Waals surface area (Å²) in [4.78, 5) is 72.9. The number of nitrogens with zero attached hydrogens (tertiary/aromatic N) is 10. The van der Waals surface area contributed by atoms with E-state index in [1.54, 1.807) is 45.1 Å². The number of anilines is 2. The van der Waals surface area contributed by atoms with Gasteiger partial charge in [0, 0.05) is 132 Å². The Bertz CT molecular complexity index is 4110. The molecule has 0 unspecified atom stereocenters. The van der Waals surface area contributed by atoms with Crippen LogP contribution in [-0.2, 0) is 42.0 Å². The lowest BCUT2D eigenvalue weighted by molar-refractivity contribution is -0.143. The molecule has 2 aromatic carbocycles. The lowest BCUT2D eigenvalue weighted by Gasteiger charge is -2.38. The minimum atomic E-state index is -1.26. The molecule has 0 saturated carbocycles. The van der Waals surface area contributed by atoms with Gasteiger partial charge in [-0.15, -0.1) is 0 Å². The number of aromatic nitrogens is 8. The predicted molar refractivity (Wildman–Crippen MR) is 392 cm³/mol. The fourth-order valence-electron chi connectivity index (χ4n) is 12.2. The topological polar surface area (TPSA) is 308 Å². The standard InChI is InChI=1S/C36H51N7O5Si.C35H48N6O6Si.CH5N/c1-22-17-38-34(39-27-15-26(33(44)37-7)18-42(19-27)35(45)47-36(4,5)6)40-32(22)29-20-43(21-46-13-14-49(8,9)10)30-16-25(11-12-28(29)30)31-23(2)41-48-24(31)3;1-21-16-36-33(37-26-14-25(32(42)43)17-40(18-26)34(44)46-35(4,5)6)38-31(21)28-19-41(20-45-12-13-48(7,8)9)29-15-24(10-11-27(28)29)30-22(2)39-47-23(30)3;1-2/h11-12,16-17,20,26-27H,13-15,18-19,21H2,1-10H3,(H,37,44)(H,38,39,40);10-11,15-16,19,25-26H,12-14,17-18,20H2,1-9H3,(H,42,43)(H,36,37,38);2H2,1H3/t26-,27+;25-,26+;/m11./s1. The molecule has 6 aromatic heterocycles. The quantitative estimate of drug-likeness (QED) is 0.0350. The number of rotatable bonds is 20. The van der Waals surface area contributed by atoms with E-state index in [0.29, 0.717) is 58.0 Å². The van der Waals surface area contributed by atoms with Gasteiger partial charge < -0.3 is 73.7 Å². The first kappa shape index (κ1) is 76.3. The van der Waals surface area contributed by atoms with Crippen molar-refractivity contribution < 1.29 is 52.3 Å². The molecule has 8 heterocycles. The second-order valence-corrected chi connectivity index (χ2v) is 41.5. The van der Waals surface area contributed by atoms with Crippen LogP contribution in [0.2, 0.25) is 51.4 Å². The van der Waals surface area contributed by atoms with Crippen LogP contribution in [0.5, 0.6) is 0 Å². The van der Waals surface area contributed by atoms with Gasteiger partial charge in [-0.3, -0.25) is 9.59 Å². The maximum atomic E-state index is 13.1. The zero-order chi connectivity index (χ0) is 72.6. The van der Waals surface area contributed by atoms with Crippen LogP contribution < -0.4 is 21.7 Å². The van der Waals surface area contributed by atoms with E-state index in [-0.39, 0.29) is 37.6 Å². The van der Waals surface area contributed by atoms with Gasteiger partial charge in [0.2, 0.25) is 17.8 Å². The molecule has 99 heavy (non-hydrogen) atoms. The minimum absolute atomic E-state index is 0.0812. The molecule has 2 fully saturated rings. The van der Waals surface area contributed by atoms with E-state index in [2.05, 4.69) is 139 Å². The molecule has 536 valence electrons. The van der Waals surface area contributed by atoms with Gasteiger partial charge in [0.1, 0.15) is 36.2 Å². The third-order valence-electron chi connectivity index (χ3n) is 17.2. The molecule has 6 N–H and O–H groups in total. The summed E-state index contributed by atoms with van der Waals surface area (Å²) in [5.41, 5.74) is 16.1. The van der Waals surface area contributed by atoms with Crippen LogP contribution in [-0.4, -0.2) is 171 Å². The number of fused-ring (bicyclic) bond motifs is 2. The van der Waals surface area contributed by atoms with E-state index >= 15 is 0 Å². The van der Waals surface area contributed by atoms with Crippen molar-refractivity contribution in [2.75, 3.05) is 64.1 Å². The number of likely N-dealkylation sites (tertiary alicyclic amines) is 2. The summed E-state index contributed by atoms with van der Waals surface area (Å²) < 4.78 is 38.8. The molecule has 0 radical (unpaired) electrons. The third kappa shape index (κ3) is 19.9. The normalized spacial score (nSPS) is 16.8. The van der Waals surface area contributed by atoms with Crippen molar-refractivity contribution in [1.82, 2.24) is 54.5 Å². The van der Waals surface area contributed by atoms with E-state index in [9.17, 15) is 24.3 Å². The van der Waals surface area contributed by atoms with Gasteiger partial charge in [-0.05, 0) is 149 Å². The Labute approximate surface area is 583 Å². The number of carboxylic acid groups (broad SMARTS) is 1.